The van der Waals surface area contributed by atoms with Gasteiger partial charge in [-0.05, 0) is 44.5 Å². The van der Waals surface area contributed by atoms with Gasteiger partial charge < -0.3 is 4.74 Å². The quantitative estimate of drug-likeness (QED) is 0.439. The third-order valence-corrected chi connectivity index (χ3v) is 3.02. The van der Waals surface area contributed by atoms with E-state index in [2.05, 4.69) is 6.58 Å². The van der Waals surface area contributed by atoms with Gasteiger partial charge in [0.2, 0.25) is 0 Å². The van der Waals surface area contributed by atoms with E-state index in [4.69, 9.17) is 4.74 Å². The lowest BCUT2D eigenvalue weighted by Gasteiger charge is -2.07. The van der Waals surface area contributed by atoms with Gasteiger partial charge in [-0.25, -0.2) is 4.79 Å². The van der Waals surface area contributed by atoms with Gasteiger partial charge in [0.25, 0.3) is 0 Å². The smallest absolute Gasteiger partial charge is 0.338 e. The summed E-state index contributed by atoms with van der Waals surface area (Å²) in [4.78, 5) is 46.2. The van der Waals surface area contributed by atoms with Crippen LogP contribution in [0.15, 0.2) is 30.4 Å². The summed E-state index contributed by atoms with van der Waals surface area (Å²) in [6, 6.07) is 4.18. The first-order chi connectivity index (χ1) is 10.2. The van der Waals surface area contributed by atoms with Gasteiger partial charge in [-0.15, -0.1) is 0 Å². The first-order valence-corrected chi connectivity index (χ1v) is 6.75. The summed E-state index contributed by atoms with van der Waals surface area (Å²) < 4.78 is 4.99. The molecule has 0 aliphatic rings. The highest BCUT2D eigenvalue weighted by atomic mass is 16.5. The Morgan fingerprint density at radius 2 is 1.36 bits per heavy atom. The summed E-state index contributed by atoms with van der Waals surface area (Å²) in [7, 11) is 0. The zero-order chi connectivity index (χ0) is 16.9. The number of carbonyl (C=O) groups is 4. The van der Waals surface area contributed by atoms with Gasteiger partial charge in [-0.2, -0.15) is 0 Å². The van der Waals surface area contributed by atoms with Crippen LogP contribution in [0.3, 0.4) is 0 Å². The summed E-state index contributed by atoms with van der Waals surface area (Å²) in [5.41, 5.74) is 1.03. The molecule has 0 saturated heterocycles. The van der Waals surface area contributed by atoms with Crippen LogP contribution in [0, 0.1) is 0 Å². The Kier molecular flexibility index (Phi) is 5.92. The number of Topliss-reactive ketones (excluding diaryl/α,β-unsaturated/α-hetero) is 3. The maximum Gasteiger partial charge on any atom is 0.338 e. The minimum atomic E-state index is -0.680. The molecule has 0 atom stereocenters. The Hall–Kier alpha value is -2.56. The molecule has 0 N–H and O–H groups in total. The van der Waals surface area contributed by atoms with E-state index in [9.17, 15) is 19.2 Å². The normalized spacial score (nSPS) is 9.95. The summed E-state index contributed by atoms with van der Waals surface area (Å²) in [5, 5.41) is 0. The second-order valence-corrected chi connectivity index (χ2v) is 5.00. The standard InChI is InChI=1S/C17H18O5/c1-10(2)16(20)5-6-22-17(21)15-8-13(11(3)18)7-14(9-15)12(4)19/h7-9H,1,5-6H2,2-4H3. The monoisotopic (exact) mass is 302 g/mol. The number of ether oxygens (including phenoxy) is 1. The highest BCUT2D eigenvalue weighted by Gasteiger charge is 2.14. The zero-order valence-electron chi connectivity index (χ0n) is 12.9. The van der Waals surface area contributed by atoms with Crippen LogP contribution in [0.4, 0.5) is 0 Å². The molecular formula is C17H18O5. The van der Waals surface area contributed by atoms with Crippen LogP contribution >= 0.6 is 0 Å². The number of carbonyl (C=O) groups excluding carboxylic acids is 4. The van der Waals surface area contributed by atoms with Gasteiger partial charge >= 0.3 is 5.97 Å². The van der Waals surface area contributed by atoms with Crippen molar-refractivity contribution in [2.24, 2.45) is 0 Å². The maximum absolute atomic E-state index is 12.0. The molecular weight excluding hydrogens is 284 g/mol. The molecule has 0 radical (unpaired) electrons. The van der Waals surface area contributed by atoms with E-state index in [1.54, 1.807) is 6.92 Å². The largest absolute Gasteiger partial charge is 0.462 e. The molecule has 0 bridgehead atoms. The SMILES string of the molecule is C=C(C)C(=O)CCOC(=O)c1cc(C(C)=O)cc(C(C)=O)c1. The van der Waals surface area contributed by atoms with E-state index in [-0.39, 0.29) is 47.1 Å². The Balaban J connectivity index is 2.88. The second-order valence-electron chi connectivity index (χ2n) is 5.00. The van der Waals surface area contributed by atoms with Crippen molar-refractivity contribution in [3.05, 3.63) is 47.0 Å². The molecule has 116 valence electrons. The number of hydrogen-bond donors (Lipinski definition) is 0. The number of hydrogen-bond acceptors (Lipinski definition) is 5. The third kappa shape index (κ3) is 4.77. The maximum atomic E-state index is 12.0. The number of rotatable bonds is 7. The lowest BCUT2D eigenvalue weighted by molar-refractivity contribution is -0.116. The van der Waals surface area contributed by atoms with Crippen LogP contribution in [0.25, 0.3) is 0 Å². The Labute approximate surface area is 129 Å². The van der Waals surface area contributed by atoms with Gasteiger partial charge in [0, 0.05) is 17.5 Å². The fourth-order valence-corrected chi connectivity index (χ4v) is 1.69. The fraction of sp³-hybridized carbons (Fsp3) is 0.294. The molecule has 0 unspecified atom stereocenters. The molecule has 0 aliphatic carbocycles. The molecule has 0 aliphatic heterocycles. The lowest BCUT2D eigenvalue weighted by Crippen LogP contribution is -2.12. The molecule has 22 heavy (non-hydrogen) atoms. The molecule has 1 aromatic rings. The highest BCUT2D eigenvalue weighted by Crippen LogP contribution is 2.13. The minimum Gasteiger partial charge on any atom is -0.462 e. The van der Waals surface area contributed by atoms with Crippen molar-refractivity contribution in [2.75, 3.05) is 6.61 Å². The summed E-state index contributed by atoms with van der Waals surface area (Å²) in [6.45, 7) is 7.71. The van der Waals surface area contributed by atoms with Gasteiger partial charge in [-0.3, -0.25) is 14.4 Å². The topological polar surface area (TPSA) is 77.5 Å². The van der Waals surface area contributed by atoms with Crippen LogP contribution in [0.5, 0.6) is 0 Å². The zero-order valence-corrected chi connectivity index (χ0v) is 12.9. The minimum absolute atomic E-state index is 0.0486. The van der Waals surface area contributed by atoms with E-state index < -0.39 is 5.97 Å². The van der Waals surface area contributed by atoms with Gasteiger partial charge in [-0.1, -0.05) is 6.58 Å². The fourth-order valence-electron chi connectivity index (χ4n) is 1.69. The van der Waals surface area contributed by atoms with Crippen LogP contribution < -0.4 is 0 Å². The van der Waals surface area contributed by atoms with E-state index in [0.717, 1.165) is 0 Å². The number of esters is 1. The average molecular weight is 302 g/mol. The molecule has 1 rings (SSSR count). The summed E-state index contributed by atoms with van der Waals surface area (Å²) in [6.07, 6.45) is 0.0486. The van der Waals surface area contributed by atoms with Crippen molar-refractivity contribution < 1.29 is 23.9 Å². The molecule has 0 heterocycles. The Morgan fingerprint density at radius 3 is 1.77 bits per heavy atom. The van der Waals surface area contributed by atoms with Gasteiger partial charge in [0.15, 0.2) is 17.3 Å². The molecule has 0 spiro atoms. The van der Waals surface area contributed by atoms with Crippen LogP contribution in [0.2, 0.25) is 0 Å². The molecule has 1 aromatic carbocycles. The van der Waals surface area contributed by atoms with E-state index >= 15 is 0 Å². The first-order valence-electron chi connectivity index (χ1n) is 6.75. The van der Waals surface area contributed by atoms with E-state index in [0.29, 0.717) is 5.57 Å². The van der Waals surface area contributed by atoms with Crippen molar-refractivity contribution >= 4 is 23.3 Å². The highest BCUT2D eigenvalue weighted by molar-refractivity contribution is 6.03. The molecule has 0 fully saturated rings. The Morgan fingerprint density at radius 1 is 0.909 bits per heavy atom. The van der Waals surface area contributed by atoms with Crippen LogP contribution in [0.1, 0.15) is 58.3 Å². The molecule has 5 nitrogen and oxygen atoms in total. The van der Waals surface area contributed by atoms with Crippen molar-refractivity contribution in [3.63, 3.8) is 0 Å². The molecule has 0 amide bonds. The number of ketones is 3. The van der Waals surface area contributed by atoms with E-state index in [1.165, 1.54) is 32.0 Å². The van der Waals surface area contributed by atoms with E-state index in [1.807, 2.05) is 0 Å². The number of allylic oxidation sites excluding steroid dienone is 1. The first kappa shape index (κ1) is 17.5. The second kappa shape index (κ2) is 7.45. The van der Waals surface area contributed by atoms with Crippen molar-refractivity contribution in [1.29, 1.82) is 0 Å². The van der Waals surface area contributed by atoms with Crippen LogP contribution in [-0.2, 0) is 9.53 Å². The molecule has 0 saturated carbocycles. The predicted molar refractivity (Wildman–Crippen MR) is 81.2 cm³/mol. The van der Waals surface area contributed by atoms with Crippen molar-refractivity contribution in [1.82, 2.24) is 0 Å². The lowest BCUT2D eigenvalue weighted by atomic mass is 10.0. The Bertz CT molecular complexity index is 623. The van der Waals surface area contributed by atoms with Crippen LogP contribution in [-0.4, -0.2) is 29.9 Å². The van der Waals surface area contributed by atoms with Gasteiger partial charge in [0.1, 0.15) is 0 Å². The summed E-state index contributed by atoms with van der Waals surface area (Å²) >= 11 is 0. The third-order valence-electron chi connectivity index (χ3n) is 3.02. The molecule has 5 heteroatoms. The van der Waals surface area contributed by atoms with Crippen molar-refractivity contribution in [3.8, 4) is 0 Å². The average Bonchev–Trinajstić information content (AvgIpc) is 2.46. The summed E-state index contributed by atoms with van der Waals surface area (Å²) in [5.74, 6) is -1.38. The molecule has 0 aromatic heterocycles. The van der Waals surface area contributed by atoms with Gasteiger partial charge in [0.05, 0.1) is 12.2 Å². The number of benzene rings is 1. The predicted octanol–water partition coefficient (Wildman–Crippen LogP) is 2.78. The van der Waals surface area contributed by atoms with Crippen molar-refractivity contribution in [2.45, 2.75) is 27.2 Å².